The summed E-state index contributed by atoms with van der Waals surface area (Å²) in [6.45, 7) is 1.74. The minimum Gasteiger partial charge on any atom is -0.478 e. The average molecular weight is 291 g/mol. The van der Waals surface area contributed by atoms with Crippen molar-refractivity contribution in [3.8, 4) is 0 Å². The van der Waals surface area contributed by atoms with Crippen molar-refractivity contribution >= 4 is 16.0 Å². The largest absolute Gasteiger partial charge is 0.478 e. The fraction of sp³-hybridized carbons (Fsp3) is 0.364. The number of carboxylic acids is 1. The predicted octanol–water partition coefficient (Wildman–Crippen LogP) is 0.837. The van der Waals surface area contributed by atoms with Crippen molar-refractivity contribution in [2.75, 3.05) is 13.7 Å². The molecule has 0 fully saturated rings. The van der Waals surface area contributed by atoms with Gasteiger partial charge in [0, 0.05) is 13.2 Å². The molecule has 0 aliphatic heterocycles. The normalized spacial score (nSPS) is 13.2. The molecule has 0 radical (unpaired) electrons. The van der Waals surface area contributed by atoms with E-state index < -0.39 is 33.4 Å². The topological polar surface area (TPSA) is 92.7 Å². The lowest BCUT2D eigenvalue weighted by atomic mass is 10.2. The Morgan fingerprint density at radius 1 is 1.53 bits per heavy atom. The molecule has 8 heteroatoms. The van der Waals surface area contributed by atoms with E-state index >= 15 is 0 Å². The molecular formula is C11H14FNO5S. The molecule has 0 heterocycles. The molecule has 1 aromatic carbocycles. The molecule has 0 amide bonds. The van der Waals surface area contributed by atoms with E-state index in [4.69, 9.17) is 9.84 Å². The Balaban J connectivity index is 3.08. The van der Waals surface area contributed by atoms with Crippen LogP contribution in [0.2, 0.25) is 0 Å². The van der Waals surface area contributed by atoms with Crippen molar-refractivity contribution in [3.05, 3.63) is 29.6 Å². The van der Waals surface area contributed by atoms with Crippen LogP contribution in [0.1, 0.15) is 17.3 Å². The standard InChI is InChI=1S/C11H14FNO5S/c1-7(6-18-2)13-19(16,17)8-3-4-10(12)9(5-8)11(14)15/h3-5,7,13H,6H2,1-2H3,(H,14,15)/t7-/m0/s1. The summed E-state index contributed by atoms with van der Waals surface area (Å²) < 4.78 is 44.1. The number of benzene rings is 1. The first-order chi connectivity index (χ1) is 8.77. The zero-order valence-corrected chi connectivity index (χ0v) is 11.2. The Kier molecular flexibility index (Phi) is 4.98. The number of sulfonamides is 1. The summed E-state index contributed by atoms with van der Waals surface area (Å²) in [5.74, 6) is -2.52. The number of carbonyl (C=O) groups is 1. The van der Waals surface area contributed by atoms with E-state index in [0.29, 0.717) is 0 Å². The highest BCUT2D eigenvalue weighted by atomic mass is 32.2. The first kappa shape index (κ1) is 15.5. The van der Waals surface area contributed by atoms with Gasteiger partial charge in [-0.05, 0) is 25.1 Å². The van der Waals surface area contributed by atoms with Crippen molar-refractivity contribution in [2.24, 2.45) is 0 Å². The van der Waals surface area contributed by atoms with Crippen LogP contribution in [0.4, 0.5) is 4.39 Å². The maximum atomic E-state index is 13.2. The van der Waals surface area contributed by atoms with Gasteiger partial charge in [0.05, 0.1) is 17.1 Å². The van der Waals surface area contributed by atoms with Gasteiger partial charge in [0.15, 0.2) is 0 Å². The number of carboxylic acid groups (broad SMARTS) is 1. The highest BCUT2D eigenvalue weighted by Gasteiger charge is 2.20. The van der Waals surface area contributed by atoms with Crippen LogP contribution in [0.25, 0.3) is 0 Å². The van der Waals surface area contributed by atoms with Gasteiger partial charge in [-0.25, -0.2) is 22.3 Å². The Morgan fingerprint density at radius 2 is 2.16 bits per heavy atom. The second kappa shape index (κ2) is 6.09. The molecule has 0 aliphatic carbocycles. The number of hydrogen-bond acceptors (Lipinski definition) is 4. The number of nitrogens with one attached hydrogen (secondary N) is 1. The summed E-state index contributed by atoms with van der Waals surface area (Å²) in [5, 5.41) is 8.75. The molecule has 2 N–H and O–H groups in total. The van der Waals surface area contributed by atoms with Gasteiger partial charge in [-0.1, -0.05) is 0 Å². The monoisotopic (exact) mass is 291 g/mol. The Labute approximate surface area is 110 Å². The lowest BCUT2D eigenvalue weighted by molar-refractivity contribution is 0.0691. The molecule has 0 saturated carbocycles. The van der Waals surface area contributed by atoms with Crippen molar-refractivity contribution in [1.82, 2.24) is 4.72 Å². The number of aromatic carboxylic acids is 1. The SMILES string of the molecule is COC[C@H](C)NS(=O)(=O)c1ccc(F)c(C(=O)O)c1. The maximum Gasteiger partial charge on any atom is 0.338 e. The van der Waals surface area contributed by atoms with Gasteiger partial charge in [-0.15, -0.1) is 0 Å². The highest BCUT2D eigenvalue weighted by molar-refractivity contribution is 7.89. The van der Waals surface area contributed by atoms with Crippen LogP contribution in [-0.4, -0.2) is 39.3 Å². The van der Waals surface area contributed by atoms with Gasteiger partial charge in [-0.3, -0.25) is 0 Å². The van der Waals surface area contributed by atoms with E-state index in [1.165, 1.54) is 7.11 Å². The molecule has 1 rings (SSSR count). The zero-order chi connectivity index (χ0) is 14.6. The smallest absolute Gasteiger partial charge is 0.338 e. The molecule has 0 bridgehead atoms. The molecule has 106 valence electrons. The van der Waals surface area contributed by atoms with E-state index in [1.807, 2.05) is 0 Å². The molecule has 1 aromatic rings. The van der Waals surface area contributed by atoms with Gasteiger partial charge in [0.1, 0.15) is 5.82 Å². The van der Waals surface area contributed by atoms with Crippen molar-refractivity contribution in [1.29, 1.82) is 0 Å². The second-order valence-electron chi connectivity index (χ2n) is 3.92. The number of methoxy groups -OCH3 is 1. The third kappa shape index (κ3) is 3.98. The van der Waals surface area contributed by atoms with Gasteiger partial charge in [-0.2, -0.15) is 0 Å². The predicted molar refractivity (Wildman–Crippen MR) is 65.0 cm³/mol. The fourth-order valence-corrected chi connectivity index (χ4v) is 2.71. The average Bonchev–Trinajstić information content (AvgIpc) is 2.28. The van der Waals surface area contributed by atoms with Crippen LogP contribution in [-0.2, 0) is 14.8 Å². The molecule has 0 aliphatic rings. The molecule has 0 spiro atoms. The van der Waals surface area contributed by atoms with E-state index in [-0.39, 0.29) is 11.5 Å². The summed E-state index contributed by atoms with van der Waals surface area (Å²) >= 11 is 0. The van der Waals surface area contributed by atoms with Crippen molar-refractivity contribution in [3.63, 3.8) is 0 Å². The van der Waals surface area contributed by atoms with Gasteiger partial charge < -0.3 is 9.84 Å². The lowest BCUT2D eigenvalue weighted by Gasteiger charge is -2.13. The van der Waals surface area contributed by atoms with Crippen LogP contribution in [0.15, 0.2) is 23.1 Å². The quantitative estimate of drug-likeness (QED) is 0.810. The summed E-state index contributed by atoms with van der Waals surface area (Å²) in [4.78, 5) is 10.4. The zero-order valence-electron chi connectivity index (χ0n) is 10.4. The number of ether oxygens (including phenoxy) is 1. The maximum absolute atomic E-state index is 13.2. The van der Waals surface area contributed by atoms with E-state index in [1.54, 1.807) is 6.92 Å². The van der Waals surface area contributed by atoms with Crippen LogP contribution < -0.4 is 4.72 Å². The van der Waals surface area contributed by atoms with Crippen molar-refractivity contribution < 1.29 is 27.4 Å². The number of halogens is 1. The van der Waals surface area contributed by atoms with Crippen LogP contribution in [0.5, 0.6) is 0 Å². The molecule has 0 saturated heterocycles. The summed E-state index contributed by atoms with van der Waals surface area (Å²) in [5.41, 5.74) is -0.692. The van der Waals surface area contributed by atoms with E-state index in [9.17, 15) is 17.6 Å². The lowest BCUT2D eigenvalue weighted by Crippen LogP contribution is -2.35. The van der Waals surface area contributed by atoms with Gasteiger partial charge in [0.2, 0.25) is 10.0 Å². The summed E-state index contributed by atoms with van der Waals surface area (Å²) in [7, 11) is -2.49. The first-order valence-electron chi connectivity index (χ1n) is 5.32. The Hall–Kier alpha value is -1.51. The number of hydrogen-bond donors (Lipinski definition) is 2. The van der Waals surface area contributed by atoms with E-state index in [2.05, 4.69) is 4.72 Å². The first-order valence-corrected chi connectivity index (χ1v) is 6.80. The highest BCUT2D eigenvalue weighted by Crippen LogP contribution is 2.15. The molecular weight excluding hydrogens is 277 g/mol. The molecule has 6 nitrogen and oxygen atoms in total. The molecule has 0 aromatic heterocycles. The molecule has 1 atom stereocenters. The van der Waals surface area contributed by atoms with Crippen LogP contribution >= 0.6 is 0 Å². The van der Waals surface area contributed by atoms with Gasteiger partial charge in [0.25, 0.3) is 0 Å². The summed E-state index contributed by atoms with van der Waals surface area (Å²) in [6, 6.07) is 2.09. The third-order valence-electron chi connectivity index (χ3n) is 2.25. The van der Waals surface area contributed by atoms with Gasteiger partial charge >= 0.3 is 5.97 Å². The Morgan fingerprint density at radius 3 is 2.68 bits per heavy atom. The Bertz CT molecular complexity index is 572. The summed E-state index contributed by atoms with van der Waals surface area (Å²) in [6.07, 6.45) is 0. The second-order valence-corrected chi connectivity index (χ2v) is 5.64. The van der Waals surface area contributed by atoms with E-state index in [0.717, 1.165) is 18.2 Å². The minimum atomic E-state index is -3.91. The molecule has 0 unspecified atom stereocenters. The van der Waals surface area contributed by atoms with Crippen LogP contribution in [0, 0.1) is 5.82 Å². The fourth-order valence-electron chi connectivity index (χ4n) is 1.45. The third-order valence-corrected chi connectivity index (χ3v) is 3.84. The number of rotatable bonds is 6. The van der Waals surface area contributed by atoms with Crippen molar-refractivity contribution in [2.45, 2.75) is 17.9 Å². The molecule has 19 heavy (non-hydrogen) atoms. The van der Waals surface area contributed by atoms with Crippen LogP contribution in [0.3, 0.4) is 0 Å². The minimum absolute atomic E-state index is 0.159.